The summed E-state index contributed by atoms with van der Waals surface area (Å²) in [7, 11) is 2.10. The molecule has 0 aliphatic carbocycles. The molecule has 2 fully saturated rings. The van der Waals surface area contributed by atoms with Crippen LogP contribution < -0.4 is 14.4 Å². The number of imidazole rings is 1. The molecule has 1 aromatic carbocycles. The maximum atomic E-state index is 11.8. The predicted molar refractivity (Wildman–Crippen MR) is 141 cm³/mol. The van der Waals surface area contributed by atoms with Crippen LogP contribution in [0, 0.1) is 11.3 Å². The molecule has 0 bridgehead atoms. The fraction of sp³-hybridized carbons (Fsp3) is 0.519. The first kappa shape index (κ1) is 25.2. The van der Waals surface area contributed by atoms with Crippen molar-refractivity contribution in [2.75, 3.05) is 51.3 Å². The molecule has 5 heterocycles. The lowest BCUT2D eigenvalue weighted by molar-refractivity contribution is 0.119. The van der Waals surface area contributed by atoms with Gasteiger partial charge in [-0.2, -0.15) is 10.2 Å². The highest BCUT2D eigenvalue weighted by Crippen LogP contribution is 2.32. The van der Waals surface area contributed by atoms with Crippen LogP contribution in [0.25, 0.3) is 5.65 Å². The minimum absolute atomic E-state index is 0.0976. The third kappa shape index (κ3) is 4.90. The van der Waals surface area contributed by atoms with Gasteiger partial charge in [0.2, 0.25) is 0 Å². The van der Waals surface area contributed by atoms with Gasteiger partial charge in [0.1, 0.15) is 12.4 Å². The molecule has 0 radical (unpaired) electrons. The van der Waals surface area contributed by atoms with E-state index >= 15 is 0 Å². The zero-order valence-electron chi connectivity index (χ0n) is 22.0. The number of nitriles is 1. The molecule has 3 aliphatic rings. The molecule has 0 saturated carbocycles. The summed E-state index contributed by atoms with van der Waals surface area (Å²) < 4.78 is 13.9. The molecule has 3 aromatic rings. The van der Waals surface area contributed by atoms with Crippen LogP contribution in [0.2, 0.25) is 0 Å². The smallest absolute Gasteiger partial charge is 0.407 e. The highest BCUT2D eigenvalue weighted by atomic mass is 16.5. The number of piperazine rings is 1. The number of carbonyl (C=O) groups is 1. The zero-order chi connectivity index (χ0) is 26.9. The lowest BCUT2D eigenvalue weighted by Crippen LogP contribution is -2.55. The normalized spacial score (nSPS) is 21.1. The summed E-state index contributed by atoms with van der Waals surface area (Å²) >= 11 is 0. The largest absolute Gasteiger partial charge is 0.493 e. The Hall–Kier alpha value is -4.11. The van der Waals surface area contributed by atoms with Crippen molar-refractivity contribution < 1.29 is 19.4 Å². The van der Waals surface area contributed by atoms with Crippen molar-refractivity contribution in [3.05, 3.63) is 41.2 Å². The molecule has 204 valence electrons. The molecular weight excluding hydrogens is 500 g/mol. The van der Waals surface area contributed by atoms with E-state index < -0.39 is 12.1 Å². The summed E-state index contributed by atoms with van der Waals surface area (Å²) in [5.41, 5.74) is 3.73. The van der Waals surface area contributed by atoms with Gasteiger partial charge in [-0.1, -0.05) is 18.2 Å². The molecule has 6 rings (SSSR count). The maximum Gasteiger partial charge on any atom is 0.407 e. The number of fused-ring (bicyclic) bond motifs is 2. The number of rotatable bonds is 7. The number of amides is 1. The molecule has 2 unspecified atom stereocenters. The number of ether oxygens (including phenoxy) is 2. The van der Waals surface area contributed by atoms with Crippen molar-refractivity contribution >= 4 is 17.6 Å². The van der Waals surface area contributed by atoms with E-state index in [4.69, 9.17) is 24.5 Å². The molecule has 3 aliphatic heterocycles. The molecule has 2 saturated heterocycles. The average molecular weight is 533 g/mol. The second-order valence-corrected chi connectivity index (χ2v) is 10.4. The minimum Gasteiger partial charge on any atom is -0.493 e. The quantitative estimate of drug-likeness (QED) is 0.483. The van der Waals surface area contributed by atoms with Gasteiger partial charge in [0, 0.05) is 44.1 Å². The van der Waals surface area contributed by atoms with E-state index in [1.807, 2.05) is 4.90 Å². The summed E-state index contributed by atoms with van der Waals surface area (Å²) in [5, 5.41) is 23.7. The predicted octanol–water partition coefficient (Wildman–Crippen LogP) is 2.21. The third-order valence-corrected chi connectivity index (χ3v) is 7.99. The van der Waals surface area contributed by atoms with Gasteiger partial charge in [-0.05, 0) is 32.0 Å². The molecule has 2 atom stereocenters. The lowest BCUT2D eigenvalue weighted by Gasteiger charge is -2.39. The van der Waals surface area contributed by atoms with Gasteiger partial charge in [0.25, 0.3) is 0 Å². The number of hydrogen-bond acceptors (Lipinski definition) is 9. The van der Waals surface area contributed by atoms with Gasteiger partial charge in [-0.25, -0.2) is 14.3 Å². The summed E-state index contributed by atoms with van der Waals surface area (Å²) in [6, 6.07) is 8.43. The molecule has 0 spiro atoms. The molecular formula is C27H32N8O4. The van der Waals surface area contributed by atoms with E-state index in [1.165, 1.54) is 10.5 Å². The number of anilines is 1. The van der Waals surface area contributed by atoms with Gasteiger partial charge in [0.05, 0.1) is 37.0 Å². The highest BCUT2D eigenvalue weighted by molar-refractivity contribution is 5.68. The van der Waals surface area contributed by atoms with Gasteiger partial charge in [-0.3, -0.25) is 0 Å². The molecule has 1 amide bonds. The molecule has 2 aromatic heterocycles. The van der Waals surface area contributed by atoms with Gasteiger partial charge >= 0.3 is 12.1 Å². The van der Waals surface area contributed by atoms with Crippen LogP contribution in [0.1, 0.15) is 36.1 Å². The monoisotopic (exact) mass is 532 g/mol. The summed E-state index contributed by atoms with van der Waals surface area (Å²) in [5.74, 6) is 1.51. The van der Waals surface area contributed by atoms with Crippen LogP contribution in [0.3, 0.4) is 0 Å². The van der Waals surface area contributed by atoms with Crippen molar-refractivity contribution in [3.63, 3.8) is 0 Å². The number of likely N-dealkylation sites (N-methyl/N-ethyl adjacent to an activating group) is 1. The SMILES string of the molecule is CN1CCCC1COc1nc(N2CCN(C(=O)O)C(CC#N)C2)c2ncc(Cc3cccc4c3OCC4)n2n1. The van der Waals surface area contributed by atoms with Gasteiger partial charge in [-0.15, -0.1) is 5.10 Å². The fourth-order valence-corrected chi connectivity index (χ4v) is 5.85. The second-order valence-electron chi connectivity index (χ2n) is 10.4. The molecule has 12 heteroatoms. The van der Waals surface area contributed by atoms with Crippen LogP contribution in [0.15, 0.2) is 24.4 Å². The van der Waals surface area contributed by atoms with Crippen molar-refractivity contribution in [1.29, 1.82) is 5.26 Å². The number of para-hydroxylation sites is 1. The van der Waals surface area contributed by atoms with E-state index in [-0.39, 0.29) is 19.0 Å². The average Bonchev–Trinajstić information content (AvgIpc) is 3.68. The number of carboxylic acid groups (broad SMARTS) is 1. The topological polar surface area (TPSA) is 132 Å². The van der Waals surface area contributed by atoms with E-state index in [0.717, 1.165) is 42.8 Å². The van der Waals surface area contributed by atoms with E-state index in [9.17, 15) is 15.2 Å². The Labute approximate surface area is 226 Å². The van der Waals surface area contributed by atoms with Crippen LogP contribution in [0.5, 0.6) is 11.8 Å². The third-order valence-electron chi connectivity index (χ3n) is 7.99. The number of hydrogen-bond donors (Lipinski definition) is 1. The van der Waals surface area contributed by atoms with Crippen molar-refractivity contribution in [2.45, 2.75) is 44.2 Å². The summed E-state index contributed by atoms with van der Waals surface area (Å²) in [6.45, 7) is 3.23. The molecule has 1 N–H and O–H groups in total. The van der Waals surface area contributed by atoms with Crippen LogP contribution in [-0.4, -0.2) is 99.1 Å². The Bertz CT molecular complexity index is 1420. The Balaban J connectivity index is 1.35. The number of aromatic nitrogens is 4. The molecule has 39 heavy (non-hydrogen) atoms. The number of nitrogens with zero attached hydrogens (tertiary/aromatic N) is 8. The molecule has 12 nitrogen and oxygen atoms in total. The maximum absolute atomic E-state index is 11.8. The van der Waals surface area contributed by atoms with E-state index in [2.05, 4.69) is 36.2 Å². The van der Waals surface area contributed by atoms with Crippen molar-refractivity contribution in [3.8, 4) is 17.8 Å². The minimum atomic E-state index is -1.02. The first-order chi connectivity index (χ1) is 19.0. The highest BCUT2D eigenvalue weighted by Gasteiger charge is 2.33. The number of benzene rings is 1. The van der Waals surface area contributed by atoms with Gasteiger partial charge in [0.15, 0.2) is 11.5 Å². The standard InChI is InChI=1S/C27H32N8O4/c1-32-10-3-6-21(32)17-39-26-30-25(33-11-12-34(27(36)37)20(16-33)7-9-28)24-29-15-22(35(24)31-26)14-19-5-2-4-18-8-13-38-23(18)19/h2,4-5,15,20-21H,3,6-8,10-14,16-17H2,1H3,(H,36,37). The summed E-state index contributed by atoms with van der Waals surface area (Å²) in [4.78, 5) is 26.8. The van der Waals surface area contributed by atoms with Crippen LogP contribution >= 0.6 is 0 Å². The Kier molecular flexibility index (Phi) is 6.83. The van der Waals surface area contributed by atoms with Crippen LogP contribution in [0.4, 0.5) is 10.6 Å². The van der Waals surface area contributed by atoms with E-state index in [1.54, 1.807) is 10.7 Å². The second kappa shape index (κ2) is 10.6. The fourth-order valence-electron chi connectivity index (χ4n) is 5.85. The van der Waals surface area contributed by atoms with Crippen LogP contribution in [-0.2, 0) is 12.8 Å². The zero-order valence-corrected chi connectivity index (χ0v) is 22.0. The summed E-state index contributed by atoms with van der Waals surface area (Å²) in [6.07, 6.45) is 4.56. The number of likely N-dealkylation sites (tertiary alicyclic amines) is 1. The first-order valence-corrected chi connectivity index (χ1v) is 13.4. The Morgan fingerprint density at radius 3 is 2.97 bits per heavy atom. The Morgan fingerprint density at radius 2 is 2.18 bits per heavy atom. The van der Waals surface area contributed by atoms with E-state index in [0.29, 0.717) is 50.2 Å². The van der Waals surface area contributed by atoms with Crippen molar-refractivity contribution in [2.24, 2.45) is 0 Å². The Morgan fingerprint density at radius 1 is 1.28 bits per heavy atom. The van der Waals surface area contributed by atoms with Crippen molar-refractivity contribution in [1.82, 2.24) is 29.4 Å². The first-order valence-electron chi connectivity index (χ1n) is 13.4. The lowest BCUT2D eigenvalue weighted by atomic mass is 10.0. The van der Waals surface area contributed by atoms with Gasteiger partial charge < -0.3 is 29.3 Å².